The maximum Gasteiger partial charge on any atom is 0.332 e. The quantitative estimate of drug-likeness (QED) is 0.457. The van der Waals surface area contributed by atoms with Crippen molar-refractivity contribution in [1.82, 2.24) is 5.43 Å². The van der Waals surface area contributed by atoms with Gasteiger partial charge in [-0.15, -0.1) is 12.8 Å². The summed E-state index contributed by atoms with van der Waals surface area (Å²) in [5.41, 5.74) is 9.40. The number of hydrazone groups is 1. The largest absolute Gasteiger partial charge is 0.481 e. The van der Waals surface area contributed by atoms with E-state index in [9.17, 15) is 4.79 Å². The van der Waals surface area contributed by atoms with Gasteiger partial charge in [-0.1, -0.05) is 11.8 Å². The highest BCUT2D eigenvalue weighted by Crippen LogP contribution is 2.18. The van der Waals surface area contributed by atoms with Gasteiger partial charge in [-0.05, 0) is 48.5 Å². The van der Waals surface area contributed by atoms with Crippen LogP contribution in [-0.4, -0.2) is 25.0 Å². The molecule has 2 amide bonds. The van der Waals surface area contributed by atoms with Gasteiger partial charge in [0.1, 0.15) is 24.7 Å². The molecule has 2 rings (SSSR count). The minimum atomic E-state index is -0.759. The molecular weight excluding hydrogens is 330 g/mol. The Balaban J connectivity index is 2.29. The fourth-order valence-corrected chi connectivity index (χ4v) is 2.07. The maximum atomic E-state index is 11.0. The summed E-state index contributed by atoms with van der Waals surface area (Å²) in [4.78, 5) is 11.0. The van der Waals surface area contributed by atoms with Crippen molar-refractivity contribution < 1.29 is 14.3 Å². The number of terminal acetylenes is 2. The topological polar surface area (TPSA) is 85.9 Å². The van der Waals surface area contributed by atoms with E-state index >= 15 is 0 Å². The van der Waals surface area contributed by atoms with Crippen LogP contribution in [0.15, 0.2) is 53.6 Å². The van der Waals surface area contributed by atoms with Gasteiger partial charge in [0.25, 0.3) is 0 Å². The average Bonchev–Trinajstić information content (AvgIpc) is 2.66. The second-order valence-corrected chi connectivity index (χ2v) is 4.97. The van der Waals surface area contributed by atoms with Gasteiger partial charge >= 0.3 is 6.03 Å². The summed E-state index contributed by atoms with van der Waals surface area (Å²) in [5.74, 6) is 6.06. The van der Waals surface area contributed by atoms with Crippen LogP contribution in [0.2, 0.25) is 0 Å². The van der Waals surface area contributed by atoms with Crippen LogP contribution in [0, 0.1) is 24.7 Å². The molecule has 6 nitrogen and oxygen atoms in total. The normalized spacial score (nSPS) is 9.31. The van der Waals surface area contributed by atoms with Crippen LogP contribution in [0.5, 0.6) is 11.5 Å². The first-order valence-electron chi connectivity index (χ1n) is 7.60. The van der Waals surface area contributed by atoms with E-state index in [1.54, 1.807) is 48.5 Å². The summed E-state index contributed by atoms with van der Waals surface area (Å²) >= 11 is 0. The highest BCUT2D eigenvalue weighted by atomic mass is 16.5. The molecule has 3 N–H and O–H groups in total. The van der Waals surface area contributed by atoms with Gasteiger partial charge in [-0.2, -0.15) is 5.10 Å². The van der Waals surface area contributed by atoms with Crippen molar-refractivity contribution >= 4 is 11.7 Å². The molecule has 0 aliphatic rings. The summed E-state index contributed by atoms with van der Waals surface area (Å²) in [5, 5.41) is 4.09. The summed E-state index contributed by atoms with van der Waals surface area (Å²) < 4.78 is 10.7. The van der Waals surface area contributed by atoms with Crippen LogP contribution in [0.1, 0.15) is 11.1 Å². The van der Waals surface area contributed by atoms with Gasteiger partial charge < -0.3 is 15.2 Å². The highest BCUT2D eigenvalue weighted by Gasteiger charge is 2.09. The molecule has 0 unspecified atom stereocenters. The van der Waals surface area contributed by atoms with E-state index in [-0.39, 0.29) is 13.2 Å². The summed E-state index contributed by atoms with van der Waals surface area (Å²) in [6.45, 7) is 0.366. The molecule has 0 aliphatic carbocycles. The van der Waals surface area contributed by atoms with Gasteiger partial charge in [-0.25, -0.2) is 10.2 Å². The van der Waals surface area contributed by atoms with Crippen molar-refractivity contribution in [2.24, 2.45) is 10.8 Å². The summed E-state index contributed by atoms with van der Waals surface area (Å²) in [7, 11) is 0. The highest BCUT2D eigenvalue weighted by molar-refractivity contribution is 6.13. The van der Waals surface area contributed by atoms with E-state index < -0.39 is 6.03 Å². The van der Waals surface area contributed by atoms with Gasteiger partial charge in [0.15, 0.2) is 0 Å². The Morgan fingerprint density at radius 2 is 1.35 bits per heavy atom. The zero-order chi connectivity index (χ0) is 18.8. The molecule has 0 aliphatic heterocycles. The number of ether oxygens (including phenoxy) is 2. The van der Waals surface area contributed by atoms with Crippen LogP contribution in [0.3, 0.4) is 0 Å². The number of nitrogens with zero attached hydrogens (tertiary/aromatic N) is 1. The molecule has 0 saturated carbocycles. The molecule has 0 aromatic heterocycles. The van der Waals surface area contributed by atoms with E-state index in [1.807, 2.05) is 0 Å². The van der Waals surface area contributed by atoms with Crippen LogP contribution >= 0.6 is 0 Å². The number of benzene rings is 2. The molecule has 26 heavy (non-hydrogen) atoms. The lowest BCUT2D eigenvalue weighted by molar-refractivity contribution is 0.249. The Kier molecular flexibility index (Phi) is 6.67. The lowest BCUT2D eigenvalue weighted by Gasteiger charge is -2.10. The van der Waals surface area contributed by atoms with Crippen LogP contribution in [0.4, 0.5) is 4.79 Å². The van der Waals surface area contributed by atoms with Crippen molar-refractivity contribution in [3.63, 3.8) is 0 Å². The number of hydrogen-bond donors (Lipinski definition) is 2. The number of nitrogens with one attached hydrogen (secondary N) is 1. The number of amides is 2. The molecular formula is C20H17N3O3. The fourth-order valence-electron chi connectivity index (χ4n) is 2.07. The maximum absolute atomic E-state index is 11.0. The fraction of sp³-hybridized carbons (Fsp3) is 0.100. The molecule has 0 bridgehead atoms. The van der Waals surface area contributed by atoms with E-state index in [0.717, 1.165) is 11.1 Å². The lowest BCUT2D eigenvalue weighted by atomic mass is 10.0. The first kappa shape index (κ1) is 18.4. The van der Waals surface area contributed by atoms with Gasteiger partial charge in [0.05, 0.1) is 5.71 Å². The van der Waals surface area contributed by atoms with Gasteiger partial charge in [-0.3, -0.25) is 0 Å². The summed E-state index contributed by atoms with van der Waals surface area (Å²) in [6.07, 6.45) is 10.3. The average molecular weight is 347 g/mol. The molecule has 0 saturated heterocycles. The number of carbonyl (C=O) groups is 1. The minimum Gasteiger partial charge on any atom is -0.481 e. The summed E-state index contributed by atoms with van der Waals surface area (Å²) in [6, 6.07) is 13.5. The Hall–Kier alpha value is -3.90. The van der Waals surface area contributed by atoms with Crippen LogP contribution in [-0.2, 0) is 0 Å². The third-order valence-electron chi connectivity index (χ3n) is 3.18. The molecule has 0 atom stereocenters. The second kappa shape index (κ2) is 9.41. The Labute approximate surface area is 152 Å². The number of primary amides is 1. The Bertz CT molecular complexity index is 794. The molecule has 0 fully saturated rings. The van der Waals surface area contributed by atoms with Crippen LogP contribution < -0.4 is 20.6 Å². The van der Waals surface area contributed by atoms with E-state index in [4.69, 9.17) is 28.1 Å². The molecule has 130 valence electrons. The van der Waals surface area contributed by atoms with E-state index in [2.05, 4.69) is 22.4 Å². The molecule has 2 aromatic carbocycles. The third-order valence-corrected chi connectivity index (χ3v) is 3.18. The minimum absolute atomic E-state index is 0.183. The number of urea groups is 1. The number of hydrogen-bond acceptors (Lipinski definition) is 4. The Morgan fingerprint density at radius 3 is 1.69 bits per heavy atom. The zero-order valence-corrected chi connectivity index (χ0v) is 13.9. The van der Waals surface area contributed by atoms with Crippen molar-refractivity contribution in [3.8, 4) is 36.2 Å². The first-order valence-corrected chi connectivity index (χ1v) is 7.60. The van der Waals surface area contributed by atoms with Gasteiger partial charge in [0.2, 0.25) is 0 Å². The van der Waals surface area contributed by atoms with E-state index in [1.165, 1.54) is 0 Å². The molecule has 0 radical (unpaired) electrons. The number of nitrogens with two attached hydrogens (primary N) is 1. The van der Waals surface area contributed by atoms with Crippen molar-refractivity contribution in [3.05, 3.63) is 59.7 Å². The number of carbonyl (C=O) groups excluding carboxylic acids is 1. The van der Waals surface area contributed by atoms with Crippen molar-refractivity contribution in [2.75, 3.05) is 13.2 Å². The predicted octanol–water partition coefficient (Wildman–Crippen LogP) is 2.13. The monoisotopic (exact) mass is 347 g/mol. The Morgan fingerprint density at radius 1 is 0.923 bits per heavy atom. The molecule has 0 heterocycles. The second-order valence-electron chi connectivity index (χ2n) is 4.97. The smallest absolute Gasteiger partial charge is 0.332 e. The molecule has 0 spiro atoms. The van der Waals surface area contributed by atoms with Crippen molar-refractivity contribution in [1.29, 1.82) is 0 Å². The predicted molar refractivity (Wildman–Crippen MR) is 99.9 cm³/mol. The zero-order valence-electron chi connectivity index (χ0n) is 13.9. The van der Waals surface area contributed by atoms with Gasteiger partial charge in [0, 0.05) is 11.1 Å². The molecule has 2 aromatic rings. The first-order chi connectivity index (χ1) is 12.6. The third kappa shape index (κ3) is 5.33. The standard InChI is InChI=1S/C20H17N3O3/c1-3-13-25-17-9-5-15(6-10-17)19(22-23-20(21)24)16-7-11-18(12-8-16)26-14-4-2/h1-2,5-12H,13-14H2,(H3,21,23,24). The van der Waals surface area contributed by atoms with E-state index in [0.29, 0.717) is 17.2 Å². The molecule has 6 heteroatoms. The van der Waals surface area contributed by atoms with Crippen LogP contribution in [0.25, 0.3) is 0 Å². The number of rotatable bonds is 7. The lowest BCUT2D eigenvalue weighted by Crippen LogP contribution is -2.26. The van der Waals surface area contributed by atoms with Crippen molar-refractivity contribution in [2.45, 2.75) is 0 Å². The SMILES string of the molecule is C#CCOc1ccc(C(=NNC(N)=O)c2ccc(OCC#C)cc2)cc1.